The minimum atomic E-state index is -0.0883. The first-order valence-electron chi connectivity index (χ1n) is 31.8. The first-order chi connectivity index (χ1) is 43.7. The smallest absolute Gasteiger partial charge is 0.0560 e. The van der Waals surface area contributed by atoms with Crippen molar-refractivity contribution in [2.45, 2.75) is 78.7 Å². The molecule has 0 radical (unpaired) electrons. The standard InChI is InChI=1S/C88H78N2/c1-61-57-73(69-37-47-78(48-38-69)90(77-43-33-67(34-44-77)64-23-15-10-16-24-64)80-52-56-84(72-27-19-12-20-28-72)86(60-80)88(6,7)8)41-53-81(61)82-55-51-79(58-62(82)2)89(75-45-35-68(36-46-75)66-31-29-65(30-32-66)63-21-13-9-14-22-63)76-49-39-70(40-50-76)74-42-54-83(71-25-17-11-18-26-71)85(59-74)87(3,4)5/h9-45,47-60,75H,46H2,1-8H3. The Hall–Kier alpha value is -10.3. The maximum absolute atomic E-state index is 2.53. The van der Waals surface area contributed by atoms with Crippen LogP contribution in [0.15, 0.2) is 309 Å². The number of hydrogen-bond acceptors (Lipinski definition) is 2. The van der Waals surface area contributed by atoms with Crippen molar-refractivity contribution in [2.75, 3.05) is 9.80 Å². The van der Waals surface area contributed by atoms with E-state index in [1.165, 1.54) is 117 Å². The summed E-state index contributed by atoms with van der Waals surface area (Å²) in [5.41, 5.74) is 30.3. The van der Waals surface area contributed by atoms with Gasteiger partial charge in [-0.1, -0.05) is 290 Å². The van der Waals surface area contributed by atoms with E-state index < -0.39 is 0 Å². The zero-order valence-electron chi connectivity index (χ0n) is 53.1. The Morgan fingerprint density at radius 2 is 0.633 bits per heavy atom. The Morgan fingerprint density at radius 1 is 0.289 bits per heavy atom. The molecule has 0 N–H and O–H groups in total. The summed E-state index contributed by atoms with van der Waals surface area (Å²) in [6.07, 6.45) is 8.01. The van der Waals surface area contributed by atoms with Gasteiger partial charge in [0.1, 0.15) is 0 Å². The molecule has 0 saturated carbocycles. The average Bonchev–Trinajstić information content (AvgIpc) is 0.930. The van der Waals surface area contributed by atoms with Gasteiger partial charge in [-0.3, -0.25) is 0 Å². The first-order valence-corrected chi connectivity index (χ1v) is 31.8. The van der Waals surface area contributed by atoms with Gasteiger partial charge >= 0.3 is 0 Å². The summed E-state index contributed by atoms with van der Waals surface area (Å²) in [6.45, 7) is 18.4. The Balaban J connectivity index is 0.801. The van der Waals surface area contributed by atoms with Crippen LogP contribution in [0.5, 0.6) is 0 Å². The van der Waals surface area contributed by atoms with Crippen molar-refractivity contribution in [1.82, 2.24) is 0 Å². The number of benzene rings is 12. The van der Waals surface area contributed by atoms with E-state index in [-0.39, 0.29) is 16.9 Å². The minimum Gasteiger partial charge on any atom is -0.334 e. The van der Waals surface area contributed by atoms with Crippen molar-refractivity contribution >= 4 is 34.0 Å². The highest BCUT2D eigenvalue weighted by Crippen LogP contribution is 2.44. The lowest BCUT2D eigenvalue weighted by atomic mass is 9.80. The summed E-state index contributed by atoms with van der Waals surface area (Å²) >= 11 is 0. The van der Waals surface area contributed by atoms with Crippen LogP contribution in [0.1, 0.15) is 75.8 Å². The third-order valence-electron chi connectivity index (χ3n) is 18.0. The summed E-state index contributed by atoms with van der Waals surface area (Å²) in [5.74, 6) is 0. The lowest BCUT2D eigenvalue weighted by molar-refractivity contribution is 0.592. The Labute approximate surface area is 534 Å². The number of anilines is 5. The van der Waals surface area contributed by atoms with Gasteiger partial charge < -0.3 is 9.80 Å². The zero-order valence-corrected chi connectivity index (χ0v) is 53.1. The van der Waals surface area contributed by atoms with Gasteiger partial charge in [-0.05, 0) is 203 Å². The third kappa shape index (κ3) is 12.4. The molecule has 0 aromatic heterocycles. The van der Waals surface area contributed by atoms with E-state index in [2.05, 4.69) is 375 Å². The molecule has 1 aliphatic carbocycles. The Kier molecular flexibility index (Phi) is 16.4. The molecular formula is C88H78N2. The van der Waals surface area contributed by atoms with Gasteiger partial charge in [0.2, 0.25) is 0 Å². The van der Waals surface area contributed by atoms with Gasteiger partial charge in [0.15, 0.2) is 0 Å². The van der Waals surface area contributed by atoms with E-state index in [1.807, 2.05) is 0 Å². The fourth-order valence-corrected chi connectivity index (χ4v) is 13.2. The second kappa shape index (κ2) is 25.1. The van der Waals surface area contributed by atoms with Crippen molar-refractivity contribution in [3.63, 3.8) is 0 Å². The second-order valence-electron chi connectivity index (χ2n) is 26.2. The molecule has 0 heterocycles. The fourth-order valence-electron chi connectivity index (χ4n) is 13.2. The van der Waals surface area contributed by atoms with E-state index in [0.717, 1.165) is 29.2 Å². The summed E-state index contributed by atoms with van der Waals surface area (Å²) in [5, 5.41) is 0. The molecule has 0 fully saturated rings. The fraction of sp³-hybridized carbons (Fsp3) is 0.136. The number of rotatable bonds is 14. The van der Waals surface area contributed by atoms with Crippen LogP contribution >= 0.6 is 0 Å². The lowest BCUT2D eigenvalue weighted by Gasteiger charge is -2.34. The van der Waals surface area contributed by atoms with Crippen LogP contribution in [0.2, 0.25) is 0 Å². The van der Waals surface area contributed by atoms with Crippen LogP contribution < -0.4 is 9.80 Å². The molecule has 2 nitrogen and oxygen atoms in total. The molecule has 12 aromatic rings. The van der Waals surface area contributed by atoms with Gasteiger partial charge in [-0.2, -0.15) is 0 Å². The number of aryl methyl sites for hydroxylation is 2. The second-order valence-corrected chi connectivity index (χ2v) is 26.2. The Bertz CT molecular complexity index is 4530. The number of hydrogen-bond donors (Lipinski definition) is 0. The van der Waals surface area contributed by atoms with Gasteiger partial charge in [0.25, 0.3) is 0 Å². The van der Waals surface area contributed by atoms with Gasteiger partial charge in [-0.15, -0.1) is 0 Å². The highest BCUT2D eigenvalue weighted by Gasteiger charge is 2.26. The highest BCUT2D eigenvalue weighted by atomic mass is 15.2. The van der Waals surface area contributed by atoms with Crippen LogP contribution in [-0.4, -0.2) is 6.04 Å². The molecule has 1 atom stereocenters. The quantitative estimate of drug-likeness (QED) is 0.107. The van der Waals surface area contributed by atoms with E-state index in [1.54, 1.807) is 0 Å². The molecule has 1 unspecified atom stereocenters. The molecule has 0 saturated heterocycles. The predicted octanol–water partition coefficient (Wildman–Crippen LogP) is 24.6. The maximum atomic E-state index is 2.53. The van der Waals surface area contributed by atoms with E-state index in [0.29, 0.717) is 0 Å². The molecule has 2 heteroatoms. The molecule has 0 bridgehead atoms. The predicted molar refractivity (Wildman–Crippen MR) is 387 cm³/mol. The van der Waals surface area contributed by atoms with Gasteiger partial charge in [0.05, 0.1) is 6.04 Å². The van der Waals surface area contributed by atoms with Gasteiger partial charge in [0, 0.05) is 28.4 Å². The molecule has 13 rings (SSSR count). The molecule has 90 heavy (non-hydrogen) atoms. The van der Waals surface area contributed by atoms with E-state index in [4.69, 9.17) is 0 Å². The van der Waals surface area contributed by atoms with Crippen LogP contribution in [0.25, 0.3) is 83.5 Å². The molecule has 1 aliphatic rings. The zero-order chi connectivity index (χ0) is 61.9. The monoisotopic (exact) mass is 1160 g/mol. The van der Waals surface area contributed by atoms with Crippen molar-refractivity contribution < 1.29 is 0 Å². The Morgan fingerprint density at radius 3 is 1.09 bits per heavy atom. The van der Waals surface area contributed by atoms with Crippen LogP contribution in [-0.2, 0) is 10.8 Å². The molecular weight excluding hydrogens is 1080 g/mol. The van der Waals surface area contributed by atoms with Crippen LogP contribution in [0, 0.1) is 13.8 Å². The SMILES string of the molecule is Cc1cc(-c2ccc(N(c3ccc(-c4ccccc4)cc3)c3ccc(-c4ccccc4)c(C(C)(C)C)c3)cc2)ccc1-c1ccc(N(c2ccc(-c3ccc(-c4ccccc4)c(C(C)(C)C)c3)cc2)C2C=CC(c3ccc(-c4ccccc4)cc3)=CC2)cc1C. The van der Waals surface area contributed by atoms with Gasteiger partial charge in [-0.25, -0.2) is 0 Å². The van der Waals surface area contributed by atoms with E-state index >= 15 is 0 Å². The largest absolute Gasteiger partial charge is 0.334 e. The topological polar surface area (TPSA) is 6.48 Å². The van der Waals surface area contributed by atoms with Crippen molar-refractivity contribution in [3.8, 4) is 77.9 Å². The average molecular weight is 1160 g/mol. The third-order valence-corrected chi connectivity index (χ3v) is 18.0. The van der Waals surface area contributed by atoms with Crippen LogP contribution in [0.3, 0.4) is 0 Å². The molecule has 0 spiro atoms. The van der Waals surface area contributed by atoms with Crippen molar-refractivity contribution in [2.24, 2.45) is 0 Å². The molecule has 0 amide bonds. The van der Waals surface area contributed by atoms with Crippen molar-refractivity contribution in [1.29, 1.82) is 0 Å². The molecule has 440 valence electrons. The summed E-state index contributed by atoms with van der Waals surface area (Å²) in [4.78, 5) is 4.93. The van der Waals surface area contributed by atoms with E-state index in [9.17, 15) is 0 Å². The highest BCUT2D eigenvalue weighted by molar-refractivity contribution is 5.85. The maximum Gasteiger partial charge on any atom is 0.0560 e. The number of nitrogens with zero attached hydrogens (tertiary/aromatic N) is 2. The minimum absolute atomic E-state index is 0.0323. The van der Waals surface area contributed by atoms with Crippen molar-refractivity contribution in [3.05, 3.63) is 337 Å². The summed E-state index contributed by atoms with van der Waals surface area (Å²) < 4.78 is 0. The van der Waals surface area contributed by atoms with Crippen LogP contribution in [0.4, 0.5) is 28.4 Å². The number of allylic oxidation sites excluding steroid dienone is 2. The lowest BCUT2D eigenvalue weighted by Crippen LogP contribution is -2.30. The first kappa shape index (κ1) is 58.7. The molecule has 0 aliphatic heterocycles. The molecule has 12 aromatic carbocycles. The normalized spacial score (nSPS) is 13.2. The summed E-state index contributed by atoms with van der Waals surface area (Å²) in [7, 11) is 0. The summed E-state index contributed by atoms with van der Waals surface area (Å²) in [6, 6.07) is 107.